The standard InChI is InChI=1S/C22H19N3O4/c1-29-22(28)15-7-9-17(10-8-15)25-13-16(12-19(25)26)21(27)24-18-6-2-4-14-5-3-11-23-20(14)18/h2-11,16H,12-13H2,1H3,(H,24,27). The number of benzene rings is 2. The Morgan fingerprint density at radius 3 is 2.62 bits per heavy atom. The fourth-order valence-corrected chi connectivity index (χ4v) is 3.47. The van der Waals surface area contributed by atoms with E-state index in [1.807, 2.05) is 24.3 Å². The van der Waals surface area contributed by atoms with Gasteiger partial charge in [0.1, 0.15) is 0 Å². The second-order valence-electron chi connectivity index (χ2n) is 6.81. The van der Waals surface area contributed by atoms with Crippen molar-refractivity contribution in [3.8, 4) is 0 Å². The molecule has 0 radical (unpaired) electrons. The molecule has 2 amide bonds. The van der Waals surface area contributed by atoms with E-state index in [9.17, 15) is 14.4 Å². The summed E-state index contributed by atoms with van der Waals surface area (Å²) in [4.78, 5) is 42.7. The van der Waals surface area contributed by atoms with E-state index in [2.05, 4.69) is 15.0 Å². The number of fused-ring (bicyclic) bond motifs is 1. The van der Waals surface area contributed by atoms with E-state index >= 15 is 0 Å². The number of aromatic nitrogens is 1. The average molecular weight is 389 g/mol. The van der Waals surface area contributed by atoms with Gasteiger partial charge in [0.15, 0.2) is 0 Å². The highest BCUT2D eigenvalue weighted by Gasteiger charge is 2.35. The van der Waals surface area contributed by atoms with Gasteiger partial charge < -0.3 is 15.0 Å². The lowest BCUT2D eigenvalue weighted by atomic mass is 10.1. The number of para-hydroxylation sites is 1. The van der Waals surface area contributed by atoms with Crippen LogP contribution in [-0.4, -0.2) is 36.4 Å². The molecule has 1 atom stereocenters. The van der Waals surface area contributed by atoms with Crippen molar-refractivity contribution in [2.75, 3.05) is 23.9 Å². The van der Waals surface area contributed by atoms with Crippen molar-refractivity contribution in [3.63, 3.8) is 0 Å². The lowest BCUT2D eigenvalue weighted by Gasteiger charge is -2.17. The maximum Gasteiger partial charge on any atom is 0.337 e. The third kappa shape index (κ3) is 3.67. The number of ether oxygens (including phenoxy) is 1. The molecule has 29 heavy (non-hydrogen) atoms. The highest BCUT2D eigenvalue weighted by Crippen LogP contribution is 2.27. The molecule has 7 nitrogen and oxygen atoms in total. The van der Waals surface area contributed by atoms with Crippen LogP contribution >= 0.6 is 0 Å². The van der Waals surface area contributed by atoms with Gasteiger partial charge in [-0.15, -0.1) is 0 Å². The topological polar surface area (TPSA) is 88.6 Å². The Kier molecular flexibility index (Phi) is 4.95. The molecule has 3 aromatic rings. The molecule has 2 heterocycles. The summed E-state index contributed by atoms with van der Waals surface area (Å²) in [6.45, 7) is 0.278. The largest absolute Gasteiger partial charge is 0.465 e. The van der Waals surface area contributed by atoms with Crippen molar-refractivity contribution in [3.05, 3.63) is 66.4 Å². The normalized spacial score (nSPS) is 16.1. The molecule has 0 bridgehead atoms. The monoisotopic (exact) mass is 389 g/mol. The second kappa shape index (κ2) is 7.71. The summed E-state index contributed by atoms with van der Waals surface area (Å²) in [5.41, 5.74) is 2.38. The molecule has 1 aliphatic heterocycles. The zero-order chi connectivity index (χ0) is 20.4. The first-order chi connectivity index (χ1) is 14.1. The number of hydrogen-bond donors (Lipinski definition) is 1. The molecule has 1 aromatic heterocycles. The smallest absolute Gasteiger partial charge is 0.337 e. The lowest BCUT2D eigenvalue weighted by Crippen LogP contribution is -2.28. The van der Waals surface area contributed by atoms with Crippen LogP contribution < -0.4 is 10.2 Å². The van der Waals surface area contributed by atoms with Crippen LogP contribution in [0.5, 0.6) is 0 Å². The maximum absolute atomic E-state index is 12.8. The van der Waals surface area contributed by atoms with E-state index in [1.54, 1.807) is 41.4 Å². The third-order valence-corrected chi connectivity index (χ3v) is 4.99. The van der Waals surface area contributed by atoms with E-state index in [-0.39, 0.29) is 24.8 Å². The molecule has 4 rings (SSSR count). The summed E-state index contributed by atoms with van der Waals surface area (Å²) in [5, 5.41) is 3.84. The van der Waals surface area contributed by atoms with Gasteiger partial charge in [0.2, 0.25) is 11.8 Å². The van der Waals surface area contributed by atoms with Crippen molar-refractivity contribution in [2.24, 2.45) is 5.92 Å². The van der Waals surface area contributed by atoms with Crippen LogP contribution in [-0.2, 0) is 14.3 Å². The number of anilines is 2. The Balaban J connectivity index is 1.48. The van der Waals surface area contributed by atoms with Gasteiger partial charge in [-0.25, -0.2) is 4.79 Å². The first kappa shape index (κ1) is 18.6. The Morgan fingerprint density at radius 2 is 1.86 bits per heavy atom. The molecule has 0 saturated carbocycles. The summed E-state index contributed by atoms with van der Waals surface area (Å²) >= 11 is 0. The number of nitrogens with zero attached hydrogens (tertiary/aromatic N) is 2. The number of carbonyl (C=O) groups is 3. The maximum atomic E-state index is 12.8. The minimum absolute atomic E-state index is 0.128. The summed E-state index contributed by atoms with van der Waals surface area (Å²) in [6, 6.07) is 15.9. The molecule has 0 spiro atoms. The predicted octanol–water partition coefficient (Wildman–Crippen LogP) is 3.01. The third-order valence-electron chi connectivity index (χ3n) is 4.99. The molecular weight excluding hydrogens is 370 g/mol. The molecule has 1 unspecified atom stereocenters. The zero-order valence-corrected chi connectivity index (χ0v) is 15.8. The number of hydrogen-bond acceptors (Lipinski definition) is 5. The SMILES string of the molecule is COC(=O)c1ccc(N2CC(C(=O)Nc3cccc4cccnc34)CC2=O)cc1. The summed E-state index contributed by atoms with van der Waals surface area (Å²) in [5.74, 6) is -1.26. The highest BCUT2D eigenvalue weighted by atomic mass is 16.5. The van der Waals surface area contributed by atoms with E-state index in [4.69, 9.17) is 0 Å². The number of pyridine rings is 1. The minimum atomic E-state index is -0.471. The molecule has 1 aliphatic rings. The lowest BCUT2D eigenvalue weighted by molar-refractivity contribution is -0.122. The summed E-state index contributed by atoms with van der Waals surface area (Å²) < 4.78 is 4.68. The average Bonchev–Trinajstić information content (AvgIpc) is 3.15. The van der Waals surface area contributed by atoms with Crippen molar-refractivity contribution in [1.29, 1.82) is 0 Å². The van der Waals surface area contributed by atoms with Gasteiger partial charge in [0.05, 0.1) is 29.8 Å². The van der Waals surface area contributed by atoms with E-state index in [0.29, 0.717) is 22.5 Å². The molecule has 2 aromatic carbocycles. The summed E-state index contributed by atoms with van der Waals surface area (Å²) in [6.07, 6.45) is 1.81. The molecule has 1 N–H and O–H groups in total. The van der Waals surface area contributed by atoms with Crippen molar-refractivity contribution >= 4 is 40.1 Å². The van der Waals surface area contributed by atoms with Gasteiger partial charge in [-0.3, -0.25) is 14.6 Å². The first-order valence-corrected chi connectivity index (χ1v) is 9.20. The molecule has 1 saturated heterocycles. The Morgan fingerprint density at radius 1 is 1.10 bits per heavy atom. The fraction of sp³-hybridized carbons (Fsp3) is 0.182. The van der Waals surface area contributed by atoms with Crippen LogP contribution in [0.4, 0.5) is 11.4 Å². The molecule has 1 fully saturated rings. The van der Waals surface area contributed by atoms with Crippen molar-refractivity contribution in [1.82, 2.24) is 4.98 Å². The number of esters is 1. The van der Waals surface area contributed by atoms with Crippen LogP contribution in [0.15, 0.2) is 60.8 Å². The van der Waals surface area contributed by atoms with Crippen LogP contribution in [0.3, 0.4) is 0 Å². The first-order valence-electron chi connectivity index (χ1n) is 9.20. The van der Waals surface area contributed by atoms with Gasteiger partial charge in [-0.1, -0.05) is 18.2 Å². The van der Waals surface area contributed by atoms with Gasteiger partial charge in [-0.05, 0) is 36.4 Å². The second-order valence-corrected chi connectivity index (χ2v) is 6.81. The van der Waals surface area contributed by atoms with Crippen LogP contribution in [0, 0.1) is 5.92 Å². The quantitative estimate of drug-likeness (QED) is 0.693. The Bertz CT molecular complexity index is 1090. The number of amides is 2. The highest BCUT2D eigenvalue weighted by molar-refractivity contribution is 6.06. The van der Waals surface area contributed by atoms with Crippen LogP contribution in [0.25, 0.3) is 10.9 Å². The molecule has 7 heteroatoms. The number of carbonyl (C=O) groups excluding carboxylic acids is 3. The number of nitrogens with one attached hydrogen (secondary N) is 1. The molecule has 0 aliphatic carbocycles. The minimum Gasteiger partial charge on any atom is -0.465 e. The van der Waals surface area contributed by atoms with Crippen molar-refractivity contribution < 1.29 is 19.1 Å². The molecule has 146 valence electrons. The van der Waals surface area contributed by atoms with Gasteiger partial charge in [0.25, 0.3) is 0 Å². The van der Waals surface area contributed by atoms with Crippen LogP contribution in [0.1, 0.15) is 16.8 Å². The Labute approximate surface area is 167 Å². The van der Waals surface area contributed by atoms with Gasteiger partial charge >= 0.3 is 5.97 Å². The van der Waals surface area contributed by atoms with Gasteiger partial charge in [0, 0.05) is 30.2 Å². The van der Waals surface area contributed by atoms with E-state index < -0.39 is 11.9 Å². The fourth-order valence-electron chi connectivity index (χ4n) is 3.47. The number of methoxy groups -OCH3 is 1. The van der Waals surface area contributed by atoms with Crippen LogP contribution in [0.2, 0.25) is 0 Å². The molecular formula is C22H19N3O4. The summed E-state index contributed by atoms with van der Waals surface area (Å²) in [7, 11) is 1.31. The predicted molar refractivity (Wildman–Crippen MR) is 109 cm³/mol. The van der Waals surface area contributed by atoms with Gasteiger partial charge in [-0.2, -0.15) is 0 Å². The van der Waals surface area contributed by atoms with E-state index in [0.717, 1.165) is 5.39 Å². The number of rotatable bonds is 4. The Hall–Kier alpha value is -3.74. The zero-order valence-electron chi connectivity index (χ0n) is 15.8. The van der Waals surface area contributed by atoms with Crippen molar-refractivity contribution in [2.45, 2.75) is 6.42 Å². The van der Waals surface area contributed by atoms with E-state index in [1.165, 1.54) is 7.11 Å².